The summed E-state index contributed by atoms with van der Waals surface area (Å²) in [7, 11) is 0. The Morgan fingerprint density at radius 1 is 1.24 bits per heavy atom. The SMILES string of the molecule is C/C=C(/C=C(/C#N)C=N)N/C(=C\C)c1cc(NC(C)C)c(-c2cc(C(CCC)CCC3CCC3)[nH]n2)cn1. The van der Waals surface area contributed by atoms with E-state index in [1.807, 2.05) is 44.3 Å². The predicted octanol–water partition coefficient (Wildman–Crippen LogP) is 7.71. The summed E-state index contributed by atoms with van der Waals surface area (Å²) in [4.78, 5) is 4.79. The van der Waals surface area contributed by atoms with Crippen LogP contribution in [0.1, 0.15) is 96.9 Å². The van der Waals surface area contributed by atoms with Crippen LogP contribution in [0.15, 0.2) is 47.8 Å². The van der Waals surface area contributed by atoms with Crippen molar-refractivity contribution in [2.24, 2.45) is 5.92 Å². The first-order valence-corrected chi connectivity index (χ1v) is 14.0. The maximum atomic E-state index is 9.20. The van der Waals surface area contributed by atoms with Gasteiger partial charge in [-0.05, 0) is 71.1 Å². The third-order valence-electron chi connectivity index (χ3n) is 7.20. The van der Waals surface area contributed by atoms with Gasteiger partial charge in [0.1, 0.15) is 6.07 Å². The number of hydrogen-bond donors (Lipinski definition) is 4. The van der Waals surface area contributed by atoms with E-state index in [2.05, 4.69) is 42.6 Å². The molecule has 38 heavy (non-hydrogen) atoms. The minimum atomic E-state index is 0.236. The fourth-order valence-corrected chi connectivity index (χ4v) is 4.85. The molecule has 0 saturated heterocycles. The Labute approximate surface area is 228 Å². The lowest BCUT2D eigenvalue weighted by atomic mass is 9.79. The Balaban J connectivity index is 1.88. The van der Waals surface area contributed by atoms with Crippen molar-refractivity contribution in [1.29, 1.82) is 10.7 Å². The molecule has 0 amide bonds. The Morgan fingerprint density at radius 3 is 2.61 bits per heavy atom. The fraction of sp³-hybridized carbons (Fsp3) is 0.484. The zero-order chi connectivity index (χ0) is 27.5. The second-order valence-corrected chi connectivity index (χ2v) is 10.4. The van der Waals surface area contributed by atoms with Crippen LogP contribution in [0.4, 0.5) is 5.69 Å². The topological polar surface area (TPSA) is 113 Å². The van der Waals surface area contributed by atoms with Crippen LogP contribution in [0.5, 0.6) is 0 Å². The number of nitrogens with one attached hydrogen (secondary N) is 4. The van der Waals surface area contributed by atoms with Gasteiger partial charge in [-0.2, -0.15) is 10.4 Å². The number of rotatable bonds is 14. The van der Waals surface area contributed by atoms with E-state index in [0.717, 1.165) is 52.6 Å². The van der Waals surface area contributed by atoms with E-state index in [-0.39, 0.29) is 11.6 Å². The molecule has 7 nitrogen and oxygen atoms in total. The Kier molecular flexibility index (Phi) is 10.9. The van der Waals surface area contributed by atoms with Gasteiger partial charge in [0.25, 0.3) is 0 Å². The molecule has 3 rings (SSSR count). The van der Waals surface area contributed by atoms with Crippen molar-refractivity contribution in [3.8, 4) is 17.3 Å². The average Bonchev–Trinajstić information content (AvgIpc) is 3.37. The van der Waals surface area contributed by atoms with E-state index in [1.165, 1.54) is 44.2 Å². The van der Waals surface area contributed by atoms with Crippen molar-refractivity contribution in [2.45, 2.75) is 91.5 Å². The summed E-state index contributed by atoms with van der Waals surface area (Å²) >= 11 is 0. The van der Waals surface area contributed by atoms with Crippen molar-refractivity contribution >= 4 is 17.6 Å². The van der Waals surface area contributed by atoms with Crippen LogP contribution in [0.25, 0.3) is 17.0 Å². The molecule has 0 aliphatic heterocycles. The minimum Gasteiger partial charge on any atom is -0.382 e. The molecule has 202 valence electrons. The lowest BCUT2D eigenvalue weighted by Gasteiger charge is -2.27. The Bertz CT molecular complexity index is 1210. The Hall–Kier alpha value is -3.66. The van der Waals surface area contributed by atoms with Crippen LogP contribution < -0.4 is 10.6 Å². The molecule has 1 saturated carbocycles. The molecule has 2 aromatic rings. The number of aromatic amines is 1. The molecule has 2 heterocycles. The molecule has 0 spiro atoms. The smallest absolute Gasteiger partial charge is 0.101 e. The molecule has 4 N–H and O–H groups in total. The van der Waals surface area contributed by atoms with Gasteiger partial charge in [-0.3, -0.25) is 10.1 Å². The van der Waals surface area contributed by atoms with Crippen molar-refractivity contribution < 1.29 is 0 Å². The molecule has 7 heteroatoms. The largest absolute Gasteiger partial charge is 0.382 e. The molecular weight excluding hydrogens is 470 g/mol. The molecule has 1 atom stereocenters. The van der Waals surface area contributed by atoms with E-state index < -0.39 is 0 Å². The number of pyridine rings is 1. The summed E-state index contributed by atoms with van der Waals surface area (Å²) in [5.41, 5.74) is 6.66. The summed E-state index contributed by atoms with van der Waals surface area (Å²) in [5, 5.41) is 31.6. The highest BCUT2D eigenvalue weighted by atomic mass is 15.1. The molecule has 1 aliphatic rings. The lowest BCUT2D eigenvalue weighted by Crippen LogP contribution is -2.14. The highest BCUT2D eigenvalue weighted by Crippen LogP contribution is 2.36. The summed E-state index contributed by atoms with van der Waals surface area (Å²) < 4.78 is 0. The van der Waals surface area contributed by atoms with E-state index in [1.54, 1.807) is 6.08 Å². The van der Waals surface area contributed by atoms with Gasteiger partial charge in [0.2, 0.25) is 0 Å². The summed E-state index contributed by atoms with van der Waals surface area (Å²) in [6.45, 7) is 10.3. The van der Waals surface area contributed by atoms with Crippen LogP contribution in [-0.2, 0) is 0 Å². The van der Waals surface area contributed by atoms with E-state index >= 15 is 0 Å². The molecule has 1 aliphatic carbocycles. The van der Waals surface area contributed by atoms with Gasteiger partial charge in [0.15, 0.2) is 0 Å². The van der Waals surface area contributed by atoms with Crippen LogP contribution in [0.2, 0.25) is 0 Å². The monoisotopic (exact) mass is 513 g/mol. The Morgan fingerprint density at radius 2 is 2.03 bits per heavy atom. The molecule has 0 aromatic carbocycles. The van der Waals surface area contributed by atoms with E-state index in [9.17, 15) is 5.26 Å². The molecule has 1 unspecified atom stereocenters. The third-order valence-corrected chi connectivity index (χ3v) is 7.20. The number of aromatic nitrogens is 3. The van der Waals surface area contributed by atoms with Crippen LogP contribution in [0.3, 0.4) is 0 Å². The van der Waals surface area contributed by atoms with Crippen LogP contribution in [-0.4, -0.2) is 27.4 Å². The predicted molar refractivity (Wildman–Crippen MR) is 158 cm³/mol. The maximum Gasteiger partial charge on any atom is 0.101 e. The first-order valence-electron chi connectivity index (χ1n) is 14.0. The van der Waals surface area contributed by atoms with Gasteiger partial charge >= 0.3 is 0 Å². The zero-order valence-electron chi connectivity index (χ0n) is 23.6. The van der Waals surface area contributed by atoms with Gasteiger partial charge < -0.3 is 16.0 Å². The number of allylic oxidation sites excluding steroid dienone is 4. The molecule has 2 aromatic heterocycles. The first-order chi connectivity index (χ1) is 18.4. The fourth-order valence-electron chi connectivity index (χ4n) is 4.85. The normalized spacial score (nSPS) is 15.7. The average molecular weight is 514 g/mol. The van der Waals surface area contributed by atoms with Crippen LogP contribution in [0, 0.1) is 22.7 Å². The number of H-pyrrole nitrogens is 1. The second-order valence-electron chi connectivity index (χ2n) is 10.4. The van der Waals surface area contributed by atoms with Crippen molar-refractivity contribution in [3.05, 3.63) is 59.2 Å². The quantitative estimate of drug-likeness (QED) is 0.117. The van der Waals surface area contributed by atoms with Gasteiger partial charge in [0, 0.05) is 47.0 Å². The summed E-state index contributed by atoms with van der Waals surface area (Å²) in [6.07, 6.45) is 17.5. The highest BCUT2D eigenvalue weighted by Gasteiger charge is 2.22. The second kappa shape index (κ2) is 14.3. The zero-order valence-corrected chi connectivity index (χ0v) is 23.6. The summed E-state index contributed by atoms with van der Waals surface area (Å²) in [5.74, 6) is 1.43. The molecule has 0 radical (unpaired) electrons. The lowest BCUT2D eigenvalue weighted by molar-refractivity contribution is 0.279. The molecule has 1 fully saturated rings. The van der Waals surface area contributed by atoms with E-state index in [0.29, 0.717) is 5.92 Å². The third kappa shape index (κ3) is 7.67. The number of anilines is 1. The molecular formula is C31H43N7. The van der Waals surface area contributed by atoms with Gasteiger partial charge in [-0.15, -0.1) is 0 Å². The van der Waals surface area contributed by atoms with Gasteiger partial charge in [-0.1, -0.05) is 44.8 Å². The first kappa shape index (κ1) is 28.9. The van der Waals surface area contributed by atoms with Gasteiger partial charge in [-0.25, -0.2) is 0 Å². The van der Waals surface area contributed by atoms with Crippen LogP contribution >= 0.6 is 0 Å². The minimum absolute atomic E-state index is 0.236. The van der Waals surface area contributed by atoms with Crippen molar-refractivity contribution in [2.75, 3.05) is 5.32 Å². The highest BCUT2D eigenvalue weighted by molar-refractivity contribution is 5.82. The van der Waals surface area contributed by atoms with Crippen molar-refractivity contribution in [1.82, 2.24) is 20.5 Å². The maximum absolute atomic E-state index is 9.20. The van der Waals surface area contributed by atoms with E-state index in [4.69, 9.17) is 15.5 Å². The standard InChI is InChI=1S/C31H43N7/c1-6-10-24(14-13-22-11-9-12-22)28-16-30(38-37-28)26-20-34-31(17-29(26)35-21(4)5)27(8-3)36-25(7-2)15-23(18-32)19-33/h7-8,15-18,20-22,24,32,36H,6,9-14H2,1-5H3,(H,34,35)(H,37,38)/b23-15+,25-7-,27-8-,32-18?. The van der Waals surface area contributed by atoms with Gasteiger partial charge in [0.05, 0.1) is 22.7 Å². The molecule has 0 bridgehead atoms. The number of hydrogen-bond acceptors (Lipinski definition) is 6. The number of nitriles is 1. The van der Waals surface area contributed by atoms with Crippen molar-refractivity contribution in [3.63, 3.8) is 0 Å². The summed E-state index contributed by atoms with van der Waals surface area (Å²) in [6, 6.07) is 6.52. The number of nitrogens with zero attached hydrogens (tertiary/aromatic N) is 3.